The third kappa shape index (κ3) is 2.25. The molecule has 2 rings (SSSR count). The Hall–Kier alpha value is -0.380. The molecule has 0 saturated carbocycles. The molecule has 0 aromatic heterocycles. The fourth-order valence-electron chi connectivity index (χ4n) is 2.13. The van der Waals surface area contributed by atoms with Gasteiger partial charge in [0.1, 0.15) is 0 Å². The van der Waals surface area contributed by atoms with Crippen LogP contribution < -0.4 is 5.32 Å². The van der Waals surface area contributed by atoms with Crippen molar-refractivity contribution < 1.29 is 5.11 Å². The van der Waals surface area contributed by atoms with Crippen LogP contribution in [-0.2, 0) is 6.42 Å². The summed E-state index contributed by atoms with van der Waals surface area (Å²) in [6.07, 6.45) is 1.06. The van der Waals surface area contributed by atoms with E-state index >= 15 is 0 Å². The number of halogens is 1. The van der Waals surface area contributed by atoms with Gasteiger partial charge in [-0.2, -0.15) is 0 Å². The summed E-state index contributed by atoms with van der Waals surface area (Å²) in [5.41, 5.74) is 3.94. The Labute approximate surface area is 98.8 Å². The summed E-state index contributed by atoms with van der Waals surface area (Å²) in [6, 6.07) is 4.40. The summed E-state index contributed by atoms with van der Waals surface area (Å²) in [5, 5.41) is 12.7. The molecular formula is C12H16BrNO. The molecule has 0 spiro atoms. The lowest BCUT2D eigenvalue weighted by Gasteiger charge is -2.16. The summed E-state index contributed by atoms with van der Waals surface area (Å²) >= 11 is 3.55. The van der Waals surface area contributed by atoms with Crippen molar-refractivity contribution in [3.8, 4) is 0 Å². The van der Waals surface area contributed by atoms with Gasteiger partial charge in [0.2, 0.25) is 0 Å². The molecule has 2 nitrogen and oxygen atoms in total. The second-order valence-electron chi connectivity index (χ2n) is 4.13. The normalized spacial score (nSPS) is 20.9. The van der Waals surface area contributed by atoms with Gasteiger partial charge in [0.05, 0.1) is 6.61 Å². The van der Waals surface area contributed by atoms with E-state index in [-0.39, 0.29) is 12.5 Å². The van der Waals surface area contributed by atoms with Crippen LogP contribution in [0.4, 0.5) is 0 Å². The molecule has 1 aromatic carbocycles. The van der Waals surface area contributed by atoms with E-state index in [0.717, 1.165) is 24.0 Å². The van der Waals surface area contributed by atoms with Crippen molar-refractivity contribution >= 4 is 15.9 Å². The van der Waals surface area contributed by atoms with E-state index in [1.54, 1.807) is 0 Å². The first-order chi connectivity index (χ1) is 7.22. The topological polar surface area (TPSA) is 32.3 Å². The van der Waals surface area contributed by atoms with Gasteiger partial charge in [-0.3, -0.25) is 0 Å². The molecule has 82 valence electrons. The highest BCUT2D eigenvalue weighted by atomic mass is 79.9. The Morgan fingerprint density at radius 2 is 2.33 bits per heavy atom. The Morgan fingerprint density at radius 1 is 1.53 bits per heavy atom. The number of nitrogens with one attached hydrogen (secondary N) is 1. The van der Waals surface area contributed by atoms with Crippen molar-refractivity contribution in [1.82, 2.24) is 5.32 Å². The highest BCUT2D eigenvalue weighted by molar-refractivity contribution is 9.10. The maximum absolute atomic E-state index is 9.37. The molecule has 1 aliphatic rings. The Kier molecular flexibility index (Phi) is 3.44. The lowest BCUT2D eigenvalue weighted by Crippen LogP contribution is -2.22. The minimum Gasteiger partial charge on any atom is -0.396 e. The molecule has 0 amide bonds. The van der Waals surface area contributed by atoms with Gasteiger partial charge in [-0.05, 0) is 42.6 Å². The molecule has 0 fully saturated rings. The largest absolute Gasteiger partial charge is 0.396 e. The van der Waals surface area contributed by atoms with Gasteiger partial charge >= 0.3 is 0 Å². The van der Waals surface area contributed by atoms with Crippen LogP contribution in [0.15, 0.2) is 16.6 Å². The third-order valence-electron chi connectivity index (χ3n) is 3.04. The predicted octanol–water partition coefficient (Wildman–Crippen LogP) is 1.98. The monoisotopic (exact) mass is 269 g/mol. The number of aliphatic hydroxyl groups excluding tert-OH is 1. The molecule has 15 heavy (non-hydrogen) atoms. The molecule has 0 bridgehead atoms. The first kappa shape index (κ1) is 11.1. The summed E-state index contributed by atoms with van der Waals surface area (Å²) < 4.78 is 1.14. The molecule has 1 heterocycles. The average Bonchev–Trinajstić information content (AvgIpc) is 2.41. The first-order valence-electron chi connectivity index (χ1n) is 5.33. The van der Waals surface area contributed by atoms with Crippen LogP contribution in [-0.4, -0.2) is 24.8 Å². The number of hydrogen-bond acceptors (Lipinski definition) is 2. The van der Waals surface area contributed by atoms with Crippen LogP contribution >= 0.6 is 15.9 Å². The molecule has 1 aromatic rings. The second-order valence-corrected chi connectivity index (χ2v) is 4.99. The Bertz CT molecular complexity index is 365. The van der Waals surface area contributed by atoms with Gasteiger partial charge in [0.15, 0.2) is 0 Å². The van der Waals surface area contributed by atoms with Gasteiger partial charge in [-0.25, -0.2) is 0 Å². The van der Waals surface area contributed by atoms with Crippen LogP contribution in [0.5, 0.6) is 0 Å². The number of benzene rings is 1. The first-order valence-corrected chi connectivity index (χ1v) is 6.12. The van der Waals surface area contributed by atoms with Crippen LogP contribution in [0.3, 0.4) is 0 Å². The lowest BCUT2D eigenvalue weighted by atomic mass is 9.93. The molecule has 0 aliphatic carbocycles. The van der Waals surface area contributed by atoms with E-state index in [1.807, 2.05) is 0 Å². The molecule has 1 aliphatic heterocycles. The standard InChI is InChI=1S/C12H16BrNO/c1-8-4-9-2-3-14-6-10(7-15)11(9)5-12(8)13/h4-5,10,14-15H,2-3,6-7H2,1H3. The summed E-state index contributed by atoms with van der Waals surface area (Å²) in [4.78, 5) is 0. The molecule has 3 heteroatoms. The maximum atomic E-state index is 9.37. The van der Waals surface area contributed by atoms with Crippen LogP contribution in [0.1, 0.15) is 22.6 Å². The van der Waals surface area contributed by atoms with Crippen molar-refractivity contribution in [2.45, 2.75) is 19.3 Å². The van der Waals surface area contributed by atoms with Crippen molar-refractivity contribution in [2.24, 2.45) is 0 Å². The zero-order valence-electron chi connectivity index (χ0n) is 8.89. The molecule has 0 radical (unpaired) electrons. The zero-order valence-corrected chi connectivity index (χ0v) is 10.5. The predicted molar refractivity (Wildman–Crippen MR) is 65.3 cm³/mol. The minimum absolute atomic E-state index is 0.218. The molecular weight excluding hydrogens is 254 g/mol. The zero-order chi connectivity index (χ0) is 10.8. The number of hydrogen-bond donors (Lipinski definition) is 2. The van der Waals surface area contributed by atoms with E-state index in [2.05, 4.69) is 40.3 Å². The quantitative estimate of drug-likeness (QED) is 0.817. The van der Waals surface area contributed by atoms with Gasteiger partial charge < -0.3 is 10.4 Å². The maximum Gasteiger partial charge on any atom is 0.0512 e. The van der Waals surface area contributed by atoms with E-state index in [4.69, 9.17) is 0 Å². The lowest BCUT2D eigenvalue weighted by molar-refractivity contribution is 0.263. The number of aliphatic hydroxyl groups is 1. The average molecular weight is 270 g/mol. The highest BCUT2D eigenvalue weighted by Gasteiger charge is 2.18. The molecule has 1 unspecified atom stereocenters. The minimum atomic E-state index is 0.218. The second kappa shape index (κ2) is 4.64. The Morgan fingerprint density at radius 3 is 3.07 bits per heavy atom. The van der Waals surface area contributed by atoms with E-state index in [9.17, 15) is 5.11 Å². The van der Waals surface area contributed by atoms with E-state index < -0.39 is 0 Å². The smallest absolute Gasteiger partial charge is 0.0512 e. The fourth-order valence-corrected chi connectivity index (χ4v) is 2.49. The van der Waals surface area contributed by atoms with Gasteiger partial charge in [0, 0.05) is 16.9 Å². The summed E-state index contributed by atoms with van der Waals surface area (Å²) in [6.45, 7) is 4.20. The van der Waals surface area contributed by atoms with Gasteiger partial charge in [-0.1, -0.05) is 22.0 Å². The number of rotatable bonds is 1. The summed E-state index contributed by atoms with van der Waals surface area (Å²) in [5.74, 6) is 0.236. The van der Waals surface area contributed by atoms with Crippen LogP contribution in [0.2, 0.25) is 0 Å². The van der Waals surface area contributed by atoms with Crippen LogP contribution in [0.25, 0.3) is 0 Å². The van der Waals surface area contributed by atoms with E-state index in [1.165, 1.54) is 16.7 Å². The Balaban J connectivity index is 2.46. The number of aryl methyl sites for hydroxylation is 1. The third-order valence-corrected chi connectivity index (χ3v) is 3.90. The van der Waals surface area contributed by atoms with Crippen molar-refractivity contribution in [2.75, 3.05) is 19.7 Å². The molecule has 2 N–H and O–H groups in total. The van der Waals surface area contributed by atoms with Gasteiger partial charge in [0.25, 0.3) is 0 Å². The van der Waals surface area contributed by atoms with Crippen molar-refractivity contribution in [1.29, 1.82) is 0 Å². The van der Waals surface area contributed by atoms with Crippen molar-refractivity contribution in [3.63, 3.8) is 0 Å². The van der Waals surface area contributed by atoms with E-state index in [0.29, 0.717) is 0 Å². The number of fused-ring (bicyclic) bond motifs is 1. The summed E-state index contributed by atoms with van der Waals surface area (Å²) in [7, 11) is 0. The van der Waals surface area contributed by atoms with Crippen LogP contribution in [0, 0.1) is 6.92 Å². The molecule has 1 atom stereocenters. The highest BCUT2D eigenvalue weighted by Crippen LogP contribution is 2.28. The fraction of sp³-hybridized carbons (Fsp3) is 0.500. The van der Waals surface area contributed by atoms with Crippen molar-refractivity contribution in [3.05, 3.63) is 33.3 Å². The SMILES string of the molecule is Cc1cc2c(cc1Br)C(CO)CNCC2. The molecule has 0 saturated heterocycles. The van der Waals surface area contributed by atoms with Gasteiger partial charge in [-0.15, -0.1) is 0 Å².